The van der Waals surface area contributed by atoms with E-state index in [1.54, 1.807) is 11.9 Å². The highest BCUT2D eigenvalue weighted by Crippen LogP contribution is 2.25. The van der Waals surface area contributed by atoms with Gasteiger partial charge in [0.25, 0.3) is 0 Å². The van der Waals surface area contributed by atoms with Crippen LogP contribution < -0.4 is 10.2 Å². The summed E-state index contributed by atoms with van der Waals surface area (Å²) >= 11 is 3.42. The second-order valence-corrected chi connectivity index (χ2v) is 4.95. The van der Waals surface area contributed by atoms with Gasteiger partial charge in [0.15, 0.2) is 0 Å². The summed E-state index contributed by atoms with van der Waals surface area (Å²) in [4.78, 5) is 1.60. The lowest BCUT2D eigenvalue weighted by Crippen LogP contribution is -2.24. The highest BCUT2D eigenvalue weighted by molar-refractivity contribution is 9.10. The minimum absolute atomic E-state index is 0.0404. The van der Waals surface area contributed by atoms with Crippen LogP contribution in [0.5, 0.6) is 0 Å². The molecule has 0 bridgehead atoms. The van der Waals surface area contributed by atoms with E-state index in [1.807, 2.05) is 25.2 Å². The van der Waals surface area contributed by atoms with Crippen molar-refractivity contribution in [3.05, 3.63) is 28.2 Å². The first-order valence-corrected chi connectivity index (χ1v) is 6.33. The van der Waals surface area contributed by atoms with Crippen LogP contribution in [-0.4, -0.2) is 26.8 Å². The molecule has 0 saturated heterocycles. The van der Waals surface area contributed by atoms with Gasteiger partial charge in [-0.2, -0.15) is 13.2 Å². The molecule has 1 N–H and O–H groups in total. The molecule has 102 valence electrons. The largest absolute Gasteiger partial charge is 0.390 e. The summed E-state index contributed by atoms with van der Waals surface area (Å²) < 4.78 is 37.3. The molecule has 2 nitrogen and oxygen atoms in total. The number of nitrogens with zero attached hydrogens (tertiary/aromatic N) is 1. The Balaban J connectivity index is 2.69. The number of alkyl halides is 3. The van der Waals surface area contributed by atoms with E-state index < -0.39 is 12.6 Å². The van der Waals surface area contributed by atoms with Crippen molar-refractivity contribution in [2.75, 3.05) is 25.5 Å². The van der Waals surface area contributed by atoms with Crippen LogP contribution in [0.4, 0.5) is 18.9 Å². The van der Waals surface area contributed by atoms with E-state index in [0.29, 0.717) is 6.54 Å². The number of nitrogens with one attached hydrogen (secondary N) is 1. The molecule has 0 spiro atoms. The van der Waals surface area contributed by atoms with Gasteiger partial charge in [-0.15, -0.1) is 0 Å². The number of rotatable bonds is 5. The monoisotopic (exact) mass is 324 g/mol. The van der Waals surface area contributed by atoms with Gasteiger partial charge in [0.2, 0.25) is 0 Å². The predicted octanol–water partition coefficient (Wildman–Crippen LogP) is 3.56. The van der Waals surface area contributed by atoms with Crippen LogP contribution >= 0.6 is 15.9 Å². The summed E-state index contributed by atoms with van der Waals surface area (Å²) in [6.07, 6.45) is -4.92. The highest BCUT2D eigenvalue weighted by atomic mass is 79.9. The molecular weight excluding hydrogens is 309 g/mol. The van der Waals surface area contributed by atoms with Crippen LogP contribution in [0.1, 0.15) is 12.0 Å². The molecule has 0 aliphatic rings. The first-order valence-electron chi connectivity index (χ1n) is 5.54. The van der Waals surface area contributed by atoms with Crippen molar-refractivity contribution in [1.82, 2.24) is 5.32 Å². The number of anilines is 1. The van der Waals surface area contributed by atoms with Crippen molar-refractivity contribution >= 4 is 21.6 Å². The molecule has 0 aromatic heterocycles. The minimum atomic E-state index is -4.11. The summed E-state index contributed by atoms with van der Waals surface area (Å²) in [5.41, 5.74) is 1.84. The van der Waals surface area contributed by atoms with Gasteiger partial charge in [-0.3, -0.25) is 0 Å². The van der Waals surface area contributed by atoms with E-state index >= 15 is 0 Å². The third kappa shape index (κ3) is 4.86. The zero-order valence-corrected chi connectivity index (χ0v) is 11.9. The van der Waals surface area contributed by atoms with Crippen LogP contribution in [0, 0.1) is 0 Å². The Bertz CT molecular complexity index is 393. The number of benzene rings is 1. The van der Waals surface area contributed by atoms with E-state index in [4.69, 9.17) is 0 Å². The Hall–Kier alpha value is -0.750. The third-order valence-corrected chi connectivity index (χ3v) is 3.31. The summed E-state index contributed by atoms with van der Waals surface area (Å²) in [5.74, 6) is 0. The molecule has 0 aliphatic heterocycles. The first kappa shape index (κ1) is 15.3. The van der Waals surface area contributed by atoms with Crippen LogP contribution in [0.2, 0.25) is 0 Å². The molecule has 0 saturated carbocycles. The average molecular weight is 325 g/mol. The molecule has 0 amide bonds. The first-order chi connectivity index (χ1) is 8.33. The van der Waals surface area contributed by atoms with E-state index in [-0.39, 0.29) is 6.54 Å². The van der Waals surface area contributed by atoms with Crippen LogP contribution in [-0.2, 0) is 6.54 Å². The molecule has 1 rings (SSSR count). The molecule has 0 fully saturated rings. The summed E-state index contributed by atoms with van der Waals surface area (Å²) in [6, 6.07) is 5.57. The number of halogens is 4. The molecule has 0 aliphatic carbocycles. The smallest absolute Gasteiger partial charge is 0.374 e. The fraction of sp³-hybridized carbons (Fsp3) is 0.500. The van der Waals surface area contributed by atoms with Crippen molar-refractivity contribution in [3.8, 4) is 0 Å². The van der Waals surface area contributed by atoms with Gasteiger partial charge in [0, 0.05) is 30.3 Å². The molecule has 0 heterocycles. The maximum Gasteiger partial charge on any atom is 0.390 e. The lowest BCUT2D eigenvalue weighted by molar-refractivity contribution is -0.132. The van der Waals surface area contributed by atoms with Crippen LogP contribution in [0.25, 0.3) is 0 Å². The molecule has 0 radical (unpaired) electrons. The SMILES string of the molecule is CNCc1ccc(N(C)CCC(F)(F)F)cc1Br. The van der Waals surface area contributed by atoms with E-state index in [1.165, 1.54) is 0 Å². The van der Waals surface area contributed by atoms with Crippen LogP contribution in [0.3, 0.4) is 0 Å². The van der Waals surface area contributed by atoms with Gasteiger partial charge in [-0.25, -0.2) is 0 Å². The Morgan fingerprint density at radius 1 is 1.33 bits per heavy atom. The van der Waals surface area contributed by atoms with E-state index in [9.17, 15) is 13.2 Å². The fourth-order valence-electron chi connectivity index (χ4n) is 1.53. The van der Waals surface area contributed by atoms with Crippen molar-refractivity contribution in [2.24, 2.45) is 0 Å². The molecule has 0 unspecified atom stereocenters. The zero-order valence-electron chi connectivity index (χ0n) is 10.3. The van der Waals surface area contributed by atoms with E-state index in [2.05, 4.69) is 21.2 Å². The van der Waals surface area contributed by atoms with Gasteiger partial charge < -0.3 is 10.2 Å². The zero-order chi connectivity index (χ0) is 13.8. The molecule has 18 heavy (non-hydrogen) atoms. The Kier molecular flexibility index (Phi) is 5.47. The lowest BCUT2D eigenvalue weighted by atomic mass is 10.2. The fourth-order valence-corrected chi connectivity index (χ4v) is 2.04. The number of hydrogen-bond acceptors (Lipinski definition) is 2. The summed E-state index contributed by atoms with van der Waals surface area (Å²) in [5, 5.41) is 3.03. The maximum absolute atomic E-state index is 12.1. The second-order valence-electron chi connectivity index (χ2n) is 4.09. The lowest BCUT2D eigenvalue weighted by Gasteiger charge is -2.21. The van der Waals surface area contributed by atoms with Crippen molar-refractivity contribution in [3.63, 3.8) is 0 Å². The van der Waals surface area contributed by atoms with Gasteiger partial charge in [0.1, 0.15) is 0 Å². The highest BCUT2D eigenvalue weighted by Gasteiger charge is 2.27. The van der Waals surface area contributed by atoms with Crippen molar-refractivity contribution < 1.29 is 13.2 Å². The minimum Gasteiger partial charge on any atom is -0.374 e. The predicted molar refractivity (Wildman–Crippen MR) is 70.8 cm³/mol. The quantitative estimate of drug-likeness (QED) is 0.891. The van der Waals surface area contributed by atoms with Crippen molar-refractivity contribution in [2.45, 2.75) is 19.1 Å². The average Bonchev–Trinajstić information content (AvgIpc) is 2.28. The normalized spacial score (nSPS) is 11.7. The molecule has 0 atom stereocenters. The van der Waals surface area contributed by atoms with Gasteiger partial charge in [0.05, 0.1) is 6.42 Å². The second kappa shape index (κ2) is 6.43. The Labute approximate surface area is 113 Å². The van der Waals surface area contributed by atoms with E-state index in [0.717, 1.165) is 15.7 Å². The Morgan fingerprint density at radius 2 is 2.00 bits per heavy atom. The molecule has 6 heteroatoms. The standard InChI is InChI=1S/C12H16BrF3N2/c1-17-8-9-3-4-10(7-11(9)13)18(2)6-5-12(14,15)16/h3-4,7,17H,5-6,8H2,1-2H3. The number of hydrogen-bond donors (Lipinski definition) is 1. The van der Waals surface area contributed by atoms with Gasteiger partial charge >= 0.3 is 6.18 Å². The van der Waals surface area contributed by atoms with Gasteiger partial charge in [-0.05, 0) is 24.7 Å². The third-order valence-electron chi connectivity index (χ3n) is 2.58. The molecular formula is C12H16BrF3N2. The van der Waals surface area contributed by atoms with Crippen molar-refractivity contribution in [1.29, 1.82) is 0 Å². The van der Waals surface area contributed by atoms with Gasteiger partial charge in [-0.1, -0.05) is 22.0 Å². The van der Waals surface area contributed by atoms with Crippen LogP contribution in [0.15, 0.2) is 22.7 Å². The molecule has 1 aromatic rings. The molecule has 1 aromatic carbocycles. The summed E-state index contributed by atoms with van der Waals surface area (Å²) in [6.45, 7) is 0.675. The Morgan fingerprint density at radius 3 is 2.50 bits per heavy atom. The summed E-state index contributed by atoms with van der Waals surface area (Å²) in [7, 11) is 3.50. The maximum atomic E-state index is 12.1. The topological polar surface area (TPSA) is 15.3 Å².